The number of pyridine rings is 1. The highest BCUT2D eigenvalue weighted by molar-refractivity contribution is 5.95. The molecule has 19 heavy (non-hydrogen) atoms. The van der Waals surface area contributed by atoms with Gasteiger partial charge in [0, 0.05) is 12.7 Å². The molecule has 102 valence electrons. The number of nitrogens with zero attached hydrogens (tertiary/aromatic N) is 1. The lowest BCUT2D eigenvalue weighted by atomic mass is 10.0. The van der Waals surface area contributed by atoms with Crippen LogP contribution in [0.25, 0.3) is 0 Å². The Bertz CT molecular complexity index is 468. The van der Waals surface area contributed by atoms with Gasteiger partial charge in [0.2, 0.25) is 0 Å². The molecule has 1 aromatic rings. The van der Waals surface area contributed by atoms with Crippen LogP contribution in [0.1, 0.15) is 53.0 Å². The number of carbonyl (C=O) groups is 2. The first-order valence-electron chi connectivity index (χ1n) is 6.64. The van der Waals surface area contributed by atoms with Gasteiger partial charge in [-0.05, 0) is 24.5 Å². The van der Waals surface area contributed by atoms with Crippen LogP contribution >= 0.6 is 0 Å². The van der Waals surface area contributed by atoms with Crippen molar-refractivity contribution < 1.29 is 14.7 Å². The summed E-state index contributed by atoms with van der Waals surface area (Å²) in [4.78, 5) is 26.5. The zero-order valence-corrected chi connectivity index (χ0v) is 10.8. The molecule has 0 aromatic carbocycles. The largest absolute Gasteiger partial charge is 0.478 e. The SMILES string of the molecule is O=C(O)c1ccnc(C(=O)NCCC2CCCC2)c1. The molecule has 0 unspecified atom stereocenters. The Kier molecular flexibility index (Phi) is 4.49. The van der Waals surface area contributed by atoms with Crippen LogP contribution in [0.4, 0.5) is 0 Å². The number of nitrogens with one attached hydrogen (secondary N) is 1. The molecule has 1 aliphatic carbocycles. The van der Waals surface area contributed by atoms with Crippen LogP contribution < -0.4 is 5.32 Å². The minimum Gasteiger partial charge on any atom is -0.478 e. The van der Waals surface area contributed by atoms with Crippen LogP contribution in [0.2, 0.25) is 0 Å². The first-order chi connectivity index (χ1) is 9.16. The molecule has 0 radical (unpaired) electrons. The van der Waals surface area contributed by atoms with Crippen molar-refractivity contribution in [2.75, 3.05) is 6.54 Å². The highest BCUT2D eigenvalue weighted by Crippen LogP contribution is 2.26. The van der Waals surface area contributed by atoms with E-state index in [0.29, 0.717) is 6.54 Å². The van der Waals surface area contributed by atoms with Crippen molar-refractivity contribution in [3.8, 4) is 0 Å². The lowest BCUT2D eigenvalue weighted by molar-refractivity contribution is 0.0696. The van der Waals surface area contributed by atoms with E-state index in [1.54, 1.807) is 0 Å². The maximum Gasteiger partial charge on any atom is 0.335 e. The summed E-state index contributed by atoms with van der Waals surface area (Å²) < 4.78 is 0. The Morgan fingerprint density at radius 3 is 2.79 bits per heavy atom. The normalized spacial score (nSPS) is 15.4. The van der Waals surface area contributed by atoms with Gasteiger partial charge in [-0.1, -0.05) is 25.7 Å². The minimum atomic E-state index is -1.05. The van der Waals surface area contributed by atoms with E-state index in [9.17, 15) is 9.59 Å². The predicted octanol–water partition coefficient (Wildman–Crippen LogP) is 2.09. The van der Waals surface area contributed by atoms with Crippen LogP contribution in [0.15, 0.2) is 18.3 Å². The molecular formula is C14H18N2O3. The second-order valence-electron chi connectivity index (χ2n) is 4.93. The quantitative estimate of drug-likeness (QED) is 0.851. The fourth-order valence-electron chi connectivity index (χ4n) is 2.47. The van der Waals surface area contributed by atoms with Gasteiger partial charge in [-0.3, -0.25) is 9.78 Å². The van der Waals surface area contributed by atoms with Gasteiger partial charge in [0.05, 0.1) is 5.56 Å². The number of aromatic nitrogens is 1. The predicted molar refractivity (Wildman–Crippen MR) is 70.1 cm³/mol. The fraction of sp³-hybridized carbons (Fsp3) is 0.500. The summed E-state index contributed by atoms with van der Waals surface area (Å²) in [6.45, 7) is 0.627. The number of hydrogen-bond donors (Lipinski definition) is 2. The van der Waals surface area contributed by atoms with E-state index in [2.05, 4.69) is 10.3 Å². The molecule has 0 saturated heterocycles. The standard InChI is InChI=1S/C14H18N2O3/c17-13(16-7-5-10-3-1-2-4-10)12-9-11(14(18)19)6-8-15-12/h6,8-10H,1-5,7H2,(H,16,17)(H,18,19). The zero-order chi connectivity index (χ0) is 13.7. The molecule has 1 saturated carbocycles. The Morgan fingerprint density at radius 2 is 2.11 bits per heavy atom. The molecule has 0 atom stereocenters. The van der Waals surface area contributed by atoms with Crippen LogP contribution in [0.3, 0.4) is 0 Å². The summed E-state index contributed by atoms with van der Waals surface area (Å²) in [5.41, 5.74) is 0.238. The van der Waals surface area contributed by atoms with Gasteiger partial charge in [0.15, 0.2) is 0 Å². The second-order valence-corrected chi connectivity index (χ2v) is 4.93. The molecule has 1 aliphatic rings. The second kappa shape index (κ2) is 6.31. The topological polar surface area (TPSA) is 79.3 Å². The molecule has 2 rings (SSSR count). The number of amides is 1. The van der Waals surface area contributed by atoms with E-state index in [-0.39, 0.29) is 17.2 Å². The third-order valence-corrected chi connectivity index (χ3v) is 3.55. The van der Waals surface area contributed by atoms with E-state index >= 15 is 0 Å². The highest BCUT2D eigenvalue weighted by Gasteiger charge is 2.15. The fourth-order valence-corrected chi connectivity index (χ4v) is 2.47. The third kappa shape index (κ3) is 3.77. The summed E-state index contributed by atoms with van der Waals surface area (Å²) >= 11 is 0. The van der Waals surface area contributed by atoms with Crippen molar-refractivity contribution in [3.63, 3.8) is 0 Å². The lowest BCUT2D eigenvalue weighted by Crippen LogP contribution is -2.26. The Labute approximate surface area is 112 Å². The van der Waals surface area contributed by atoms with Crippen molar-refractivity contribution in [2.24, 2.45) is 5.92 Å². The summed E-state index contributed by atoms with van der Waals surface area (Å²) in [7, 11) is 0. The van der Waals surface area contributed by atoms with Crippen LogP contribution in [-0.4, -0.2) is 28.5 Å². The zero-order valence-electron chi connectivity index (χ0n) is 10.8. The molecule has 0 bridgehead atoms. The van der Waals surface area contributed by atoms with Crippen LogP contribution in [0, 0.1) is 5.92 Å². The lowest BCUT2D eigenvalue weighted by Gasteiger charge is -2.09. The molecule has 2 N–H and O–H groups in total. The van der Waals surface area contributed by atoms with Gasteiger partial charge >= 0.3 is 5.97 Å². The number of aromatic carboxylic acids is 1. The number of rotatable bonds is 5. The van der Waals surface area contributed by atoms with Gasteiger partial charge in [-0.25, -0.2) is 4.79 Å². The first-order valence-corrected chi connectivity index (χ1v) is 6.64. The van der Waals surface area contributed by atoms with E-state index in [4.69, 9.17) is 5.11 Å². The summed E-state index contributed by atoms with van der Waals surface area (Å²) in [6.07, 6.45) is 7.42. The van der Waals surface area contributed by atoms with Gasteiger partial charge in [-0.2, -0.15) is 0 Å². The van der Waals surface area contributed by atoms with E-state index in [0.717, 1.165) is 12.3 Å². The molecule has 0 aliphatic heterocycles. The van der Waals surface area contributed by atoms with Gasteiger partial charge in [0.25, 0.3) is 5.91 Å². The molecule has 1 aromatic heterocycles. The Balaban J connectivity index is 1.85. The summed E-state index contributed by atoms with van der Waals surface area (Å²) in [6, 6.07) is 2.67. The summed E-state index contributed by atoms with van der Waals surface area (Å²) in [5, 5.41) is 11.6. The van der Waals surface area contributed by atoms with E-state index in [1.165, 1.54) is 44.0 Å². The maximum atomic E-state index is 11.8. The number of carboxylic acid groups (broad SMARTS) is 1. The Morgan fingerprint density at radius 1 is 1.37 bits per heavy atom. The van der Waals surface area contributed by atoms with Crippen molar-refractivity contribution in [1.82, 2.24) is 10.3 Å². The van der Waals surface area contributed by atoms with Crippen molar-refractivity contribution in [1.29, 1.82) is 0 Å². The smallest absolute Gasteiger partial charge is 0.335 e. The minimum absolute atomic E-state index is 0.0796. The maximum absolute atomic E-state index is 11.8. The first kappa shape index (κ1) is 13.5. The molecule has 5 nitrogen and oxygen atoms in total. The number of carboxylic acids is 1. The number of hydrogen-bond acceptors (Lipinski definition) is 3. The molecular weight excluding hydrogens is 244 g/mol. The van der Waals surface area contributed by atoms with Crippen molar-refractivity contribution in [2.45, 2.75) is 32.1 Å². The molecule has 1 heterocycles. The van der Waals surface area contributed by atoms with Crippen molar-refractivity contribution in [3.05, 3.63) is 29.6 Å². The number of carbonyl (C=O) groups excluding carboxylic acids is 1. The van der Waals surface area contributed by atoms with Gasteiger partial charge < -0.3 is 10.4 Å². The molecule has 5 heteroatoms. The summed E-state index contributed by atoms with van der Waals surface area (Å²) in [5.74, 6) is -0.637. The Hall–Kier alpha value is -1.91. The average molecular weight is 262 g/mol. The monoisotopic (exact) mass is 262 g/mol. The van der Waals surface area contributed by atoms with Crippen LogP contribution in [-0.2, 0) is 0 Å². The van der Waals surface area contributed by atoms with Gasteiger partial charge in [0.1, 0.15) is 5.69 Å². The van der Waals surface area contributed by atoms with E-state index in [1.807, 2.05) is 0 Å². The molecule has 1 fully saturated rings. The van der Waals surface area contributed by atoms with Gasteiger partial charge in [-0.15, -0.1) is 0 Å². The van der Waals surface area contributed by atoms with E-state index < -0.39 is 5.97 Å². The molecule has 0 spiro atoms. The van der Waals surface area contributed by atoms with Crippen LogP contribution in [0.5, 0.6) is 0 Å². The third-order valence-electron chi connectivity index (χ3n) is 3.55. The van der Waals surface area contributed by atoms with Crippen molar-refractivity contribution >= 4 is 11.9 Å². The average Bonchev–Trinajstić information content (AvgIpc) is 2.92. The highest BCUT2D eigenvalue weighted by atomic mass is 16.4. The molecule has 1 amide bonds.